The van der Waals surface area contributed by atoms with E-state index in [2.05, 4.69) is 96.0 Å². The number of pyridine rings is 4. The van der Waals surface area contributed by atoms with Gasteiger partial charge in [0.25, 0.3) is 0 Å². The van der Waals surface area contributed by atoms with Gasteiger partial charge in [0.2, 0.25) is 0 Å². The largest absolute Gasteiger partial charge is 0.254 e. The molecule has 4 aromatic heterocycles. The van der Waals surface area contributed by atoms with E-state index in [4.69, 9.17) is 15.0 Å². The fourth-order valence-electron chi connectivity index (χ4n) is 5.56. The Morgan fingerprint density at radius 1 is 0.375 bits per heavy atom. The molecule has 0 amide bonds. The predicted octanol–water partition coefficient (Wildman–Crippen LogP) is 8.88. The van der Waals surface area contributed by atoms with E-state index in [0.29, 0.717) is 0 Å². The monoisotopic (exact) mass is 510 g/mol. The summed E-state index contributed by atoms with van der Waals surface area (Å²) in [4.78, 5) is 19.8. The maximum atomic E-state index is 5.20. The van der Waals surface area contributed by atoms with Gasteiger partial charge in [-0.3, -0.25) is 4.98 Å². The second kappa shape index (κ2) is 9.07. The number of benzene rings is 4. The van der Waals surface area contributed by atoms with Crippen LogP contribution in [0.4, 0.5) is 0 Å². The van der Waals surface area contributed by atoms with Gasteiger partial charge in [0.15, 0.2) is 0 Å². The number of nitrogens with zero attached hydrogens (tertiary/aromatic N) is 4. The van der Waals surface area contributed by atoms with E-state index >= 15 is 0 Å². The molecule has 0 unspecified atom stereocenters. The molecule has 0 spiro atoms. The third-order valence-corrected chi connectivity index (χ3v) is 7.47. The van der Waals surface area contributed by atoms with Crippen molar-refractivity contribution in [2.24, 2.45) is 0 Å². The highest BCUT2D eigenvalue weighted by Gasteiger charge is 2.14. The zero-order valence-corrected chi connectivity index (χ0v) is 21.5. The van der Waals surface area contributed by atoms with Crippen molar-refractivity contribution in [2.75, 3.05) is 0 Å². The summed E-state index contributed by atoms with van der Waals surface area (Å²) in [6.07, 6.45) is 1.81. The standard InChI is InChI=1S/C36H22N4/c1-2-8-23(9-3-1)33-28-12-5-4-10-26(28)22-27-18-20-31(39-34(27)33)29-13-6-14-30(38-29)32-19-17-25-16-15-24-11-7-21-37-35(24)36(25)40-32/h1-22H. The lowest BCUT2D eigenvalue weighted by Gasteiger charge is -2.13. The van der Waals surface area contributed by atoms with Crippen molar-refractivity contribution >= 4 is 43.5 Å². The fraction of sp³-hybridized carbons (Fsp3) is 0. The van der Waals surface area contributed by atoms with E-state index < -0.39 is 0 Å². The third-order valence-electron chi connectivity index (χ3n) is 7.47. The van der Waals surface area contributed by atoms with E-state index in [-0.39, 0.29) is 0 Å². The topological polar surface area (TPSA) is 51.6 Å². The lowest BCUT2D eigenvalue weighted by atomic mass is 9.94. The van der Waals surface area contributed by atoms with Crippen LogP contribution in [0.1, 0.15) is 0 Å². The molecule has 40 heavy (non-hydrogen) atoms. The van der Waals surface area contributed by atoms with Crippen molar-refractivity contribution in [1.82, 2.24) is 19.9 Å². The summed E-state index contributed by atoms with van der Waals surface area (Å²) in [6.45, 7) is 0. The first-order chi connectivity index (χ1) is 19.8. The lowest BCUT2D eigenvalue weighted by Crippen LogP contribution is -1.95. The highest BCUT2D eigenvalue weighted by molar-refractivity contribution is 6.11. The molecule has 0 aliphatic carbocycles. The van der Waals surface area contributed by atoms with E-state index in [9.17, 15) is 0 Å². The second-order valence-corrected chi connectivity index (χ2v) is 9.92. The van der Waals surface area contributed by atoms with Gasteiger partial charge in [-0.05, 0) is 52.7 Å². The molecule has 0 bridgehead atoms. The molecule has 0 radical (unpaired) electrons. The maximum Gasteiger partial charge on any atom is 0.0972 e. The van der Waals surface area contributed by atoms with Gasteiger partial charge in [0, 0.05) is 27.9 Å². The van der Waals surface area contributed by atoms with Crippen LogP contribution in [0.5, 0.6) is 0 Å². The van der Waals surface area contributed by atoms with E-state index in [1.54, 1.807) is 0 Å². The first-order valence-electron chi connectivity index (χ1n) is 13.3. The maximum absolute atomic E-state index is 5.20. The van der Waals surface area contributed by atoms with Gasteiger partial charge in [0.1, 0.15) is 0 Å². The summed E-state index contributed by atoms with van der Waals surface area (Å²) in [6, 6.07) is 43.8. The predicted molar refractivity (Wildman–Crippen MR) is 164 cm³/mol. The van der Waals surface area contributed by atoms with E-state index in [1.807, 2.05) is 42.6 Å². The van der Waals surface area contributed by atoms with Crippen molar-refractivity contribution in [2.45, 2.75) is 0 Å². The molecule has 0 N–H and O–H groups in total. The molecule has 4 aromatic carbocycles. The number of hydrogen-bond acceptors (Lipinski definition) is 4. The van der Waals surface area contributed by atoms with Crippen molar-refractivity contribution in [3.05, 3.63) is 134 Å². The molecule has 0 saturated heterocycles. The van der Waals surface area contributed by atoms with Crippen molar-refractivity contribution in [3.8, 4) is 33.9 Å². The van der Waals surface area contributed by atoms with Crippen LogP contribution in [0.3, 0.4) is 0 Å². The Morgan fingerprint density at radius 3 is 1.82 bits per heavy atom. The minimum Gasteiger partial charge on any atom is -0.254 e. The van der Waals surface area contributed by atoms with Crippen LogP contribution in [0, 0.1) is 0 Å². The minimum atomic E-state index is 0.802. The van der Waals surface area contributed by atoms with Crippen LogP contribution in [-0.4, -0.2) is 19.9 Å². The van der Waals surface area contributed by atoms with Crippen LogP contribution in [-0.2, 0) is 0 Å². The van der Waals surface area contributed by atoms with Crippen LogP contribution in [0.15, 0.2) is 134 Å². The quantitative estimate of drug-likeness (QED) is 0.176. The molecule has 8 aromatic rings. The fourth-order valence-corrected chi connectivity index (χ4v) is 5.56. The smallest absolute Gasteiger partial charge is 0.0972 e. The number of aromatic nitrogens is 4. The Labute approximate surface area is 230 Å². The highest BCUT2D eigenvalue weighted by Crippen LogP contribution is 2.36. The first-order valence-corrected chi connectivity index (χ1v) is 13.3. The Bertz CT molecular complexity index is 2220. The molecular formula is C36H22N4. The number of fused-ring (bicyclic) bond motifs is 5. The summed E-state index contributed by atoms with van der Waals surface area (Å²) in [5, 5.41) is 5.63. The highest BCUT2D eigenvalue weighted by atomic mass is 14.8. The average Bonchev–Trinajstić information content (AvgIpc) is 3.03. The van der Waals surface area contributed by atoms with Crippen molar-refractivity contribution in [3.63, 3.8) is 0 Å². The van der Waals surface area contributed by atoms with Gasteiger partial charge >= 0.3 is 0 Å². The summed E-state index contributed by atoms with van der Waals surface area (Å²) in [5.41, 5.74) is 8.29. The number of rotatable bonds is 3. The summed E-state index contributed by atoms with van der Waals surface area (Å²) < 4.78 is 0. The SMILES string of the molecule is c1ccc(-c2c3ccccc3cc3ccc(-c4cccc(-c5ccc6ccc7cccnc7c6n5)n4)nc23)cc1. The zero-order valence-electron chi connectivity index (χ0n) is 21.5. The molecule has 8 rings (SSSR count). The minimum absolute atomic E-state index is 0.802. The average molecular weight is 511 g/mol. The van der Waals surface area contributed by atoms with Crippen molar-refractivity contribution < 1.29 is 0 Å². The Balaban J connectivity index is 1.30. The van der Waals surface area contributed by atoms with Crippen LogP contribution in [0.2, 0.25) is 0 Å². The normalized spacial score (nSPS) is 11.5. The molecule has 0 fully saturated rings. The molecule has 0 saturated carbocycles. The van der Waals surface area contributed by atoms with Gasteiger partial charge < -0.3 is 0 Å². The van der Waals surface area contributed by atoms with Crippen LogP contribution in [0.25, 0.3) is 77.4 Å². The third kappa shape index (κ3) is 3.69. The molecule has 4 heterocycles. The van der Waals surface area contributed by atoms with E-state index in [0.717, 1.165) is 66.6 Å². The summed E-state index contributed by atoms with van der Waals surface area (Å²) in [5.74, 6) is 0. The molecule has 0 atom stereocenters. The van der Waals surface area contributed by atoms with E-state index in [1.165, 1.54) is 10.8 Å². The molecule has 4 heteroatoms. The molecule has 0 aliphatic rings. The molecule has 0 aliphatic heterocycles. The molecule has 186 valence electrons. The Morgan fingerprint density at radius 2 is 1.00 bits per heavy atom. The lowest BCUT2D eigenvalue weighted by molar-refractivity contribution is 1.25. The summed E-state index contributed by atoms with van der Waals surface area (Å²) in [7, 11) is 0. The van der Waals surface area contributed by atoms with Crippen LogP contribution >= 0.6 is 0 Å². The van der Waals surface area contributed by atoms with Crippen LogP contribution < -0.4 is 0 Å². The van der Waals surface area contributed by atoms with Gasteiger partial charge in [0.05, 0.1) is 39.3 Å². The zero-order chi connectivity index (χ0) is 26.5. The summed E-state index contributed by atoms with van der Waals surface area (Å²) >= 11 is 0. The number of hydrogen-bond donors (Lipinski definition) is 0. The van der Waals surface area contributed by atoms with Crippen molar-refractivity contribution in [1.29, 1.82) is 0 Å². The Hall–Kier alpha value is -5.48. The Kier molecular flexibility index (Phi) is 5.10. The van der Waals surface area contributed by atoms with Gasteiger partial charge in [-0.15, -0.1) is 0 Å². The molecular weight excluding hydrogens is 488 g/mol. The first kappa shape index (κ1) is 22.5. The molecule has 4 nitrogen and oxygen atoms in total. The van der Waals surface area contributed by atoms with Gasteiger partial charge in [-0.2, -0.15) is 0 Å². The van der Waals surface area contributed by atoms with Gasteiger partial charge in [-0.25, -0.2) is 15.0 Å². The second-order valence-electron chi connectivity index (χ2n) is 9.92. The van der Waals surface area contributed by atoms with Gasteiger partial charge in [-0.1, -0.05) is 91.0 Å².